The molecule has 0 saturated carbocycles. The highest BCUT2D eigenvalue weighted by Gasteiger charge is 2.11. The zero-order valence-corrected chi connectivity index (χ0v) is 18.7. The molecule has 4 rings (SSSR count). The standard InChI is InChI=1S/C22H24N6O2S/c1-15-19-10-9-18(13-20(19)26-28(15)3)27(2)21-11-12-23-22(25-21)24-17-7-5-16(6-8-17)14-31(4,29)30/h5-13H,14H2,1-4H3,(H,23,24,25). The monoisotopic (exact) mass is 436 g/mol. The second kappa shape index (κ2) is 7.99. The van der Waals surface area contributed by atoms with E-state index in [-0.39, 0.29) is 5.75 Å². The van der Waals surface area contributed by atoms with E-state index in [9.17, 15) is 8.42 Å². The molecule has 8 nitrogen and oxygen atoms in total. The average molecular weight is 437 g/mol. The number of rotatable bonds is 6. The Balaban J connectivity index is 1.54. The van der Waals surface area contributed by atoms with Crippen LogP contribution >= 0.6 is 0 Å². The molecule has 2 aromatic heterocycles. The van der Waals surface area contributed by atoms with Crippen molar-refractivity contribution in [2.75, 3.05) is 23.5 Å². The number of aromatic nitrogens is 4. The number of fused-ring (bicyclic) bond motifs is 1. The van der Waals surface area contributed by atoms with E-state index >= 15 is 0 Å². The zero-order chi connectivity index (χ0) is 22.2. The minimum Gasteiger partial charge on any atom is -0.329 e. The summed E-state index contributed by atoms with van der Waals surface area (Å²) >= 11 is 0. The van der Waals surface area contributed by atoms with Crippen molar-refractivity contribution in [3.63, 3.8) is 0 Å². The molecule has 0 spiro atoms. The molecular formula is C22H24N6O2S. The lowest BCUT2D eigenvalue weighted by Gasteiger charge is -2.19. The number of aryl methyl sites for hydroxylation is 2. The number of hydrogen-bond donors (Lipinski definition) is 1. The van der Waals surface area contributed by atoms with Crippen LogP contribution in [0.15, 0.2) is 54.7 Å². The van der Waals surface area contributed by atoms with Gasteiger partial charge in [0.25, 0.3) is 0 Å². The number of hydrogen-bond acceptors (Lipinski definition) is 7. The molecule has 0 aliphatic carbocycles. The second-order valence-electron chi connectivity index (χ2n) is 7.60. The first-order valence-corrected chi connectivity index (χ1v) is 11.8. The third-order valence-electron chi connectivity index (χ3n) is 5.13. The van der Waals surface area contributed by atoms with Gasteiger partial charge in [0, 0.05) is 49.0 Å². The van der Waals surface area contributed by atoms with Gasteiger partial charge in [-0.15, -0.1) is 0 Å². The van der Waals surface area contributed by atoms with Crippen LogP contribution in [-0.2, 0) is 22.6 Å². The van der Waals surface area contributed by atoms with E-state index in [1.165, 1.54) is 6.26 Å². The van der Waals surface area contributed by atoms with Gasteiger partial charge in [0.15, 0.2) is 9.84 Å². The summed E-state index contributed by atoms with van der Waals surface area (Å²) < 4.78 is 24.8. The molecule has 2 aromatic carbocycles. The Labute approximate surface area is 181 Å². The van der Waals surface area contributed by atoms with Gasteiger partial charge in [0.2, 0.25) is 5.95 Å². The van der Waals surface area contributed by atoms with Gasteiger partial charge in [-0.3, -0.25) is 4.68 Å². The van der Waals surface area contributed by atoms with Gasteiger partial charge in [-0.1, -0.05) is 12.1 Å². The summed E-state index contributed by atoms with van der Waals surface area (Å²) in [5.41, 5.74) is 4.55. The van der Waals surface area contributed by atoms with Crippen LogP contribution in [0.4, 0.5) is 23.1 Å². The maximum absolute atomic E-state index is 11.4. The summed E-state index contributed by atoms with van der Waals surface area (Å²) in [6.45, 7) is 2.05. The Morgan fingerprint density at radius 2 is 1.84 bits per heavy atom. The molecule has 1 N–H and O–H groups in total. The summed E-state index contributed by atoms with van der Waals surface area (Å²) in [5, 5.41) is 8.86. The highest BCUT2D eigenvalue weighted by Crippen LogP contribution is 2.27. The van der Waals surface area contributed by atoms with Crippen molar-refractivity contribution in [1.29, 1.82) is 0 Å². The van der Waals surface area contributed by atoms with E-state index in [1.807, 2.05) is 54.0 Å². The number of nitrogens with one attached hydrogen (secondary N) is 1. The summed E-state index contributed by atoms with van der Waals surface area (Å²) in [5.74, 6) is 1.21. The first-order chi connectivity index (χ1) is 14.7. The third kappa shape index (κ3) is 4.66. The van der Waals surface area contributed by atoms with Crippen molar-refractivity contribution in [2.45, 2.75) is 12.7 Å². The second-order valence-corrected chi connectivity index (χ2v) is 9.74. The van der Waals surface area contributed by atoms with Crippen LogP contribution in [0.2, 0.25) is 0 Å². The number of sulfone groups is 1. The maximum Gasteiger partial charge on any atom is 0.229 e. The molecular weight excluding hydrogens is 412 g/mol. The van der Waals surface area contributed by atoms with Crippen LogP contribution in [0.25, 0.3) is 10.9 Å². The lowest BCUT2D eigenvalue weighted by molar-refractivity contribution is 0.601. The summed E-state index contributed by atoms with van der Waals surface area (Å²) in [7, 11) is 0.825. The quantitative estimate of drug-likeness (QED) is 0.492. The normalized spacial score (nSPS) is 11.6. The minimum atomic E-state index is -3.06. The van der Waals surface area contributed by atoms with Crippen molar-refractivity contribution in [1.82, 2.24) is 19.7 Å². The highest BCUT2D eigenvalue weighted by atomic mass is 32.2. The van der Waals surface area contributed by atoms with E-state index in [0.717, 1.165) is 39.4 Å². The maximum atomic E-state index is 11.4. The van der Waals surface area contributed by atoms with Gasteiger partial charge in [-0.25, -0.2) is 13.4 Å². The predicted molar refractivity (Wildman–Crippen MR) is 124 cm³/mol. The Morgan fingerprint density at radius 3 is 2.55 bits per heavy atom. The van der Waals surface area contributed by atoms with E-state index in [0.29, 0.717) is 5.95 Å². The SMILES string of the molecule is Cc1c2ccc(N(C)c3ccnc(Nc4ccc(CS(C)(=O)=O)cc4)n3)cc2nn1C. The first kappa shape index (κ1) is 20.8. The summed E-state index contributed by atoms with van der Waals surface area (Å²) in [4.78, 5) is 10.9. The Hall–Kier alpha value is -3.46. The Kier molecular flexibility index (Phi) is 5.36. The topological polar surface area (TPSA) is 93.0 Å². The van der Waals surface area contributed by atoms with Crippen molar-refractivity contribution >= 4 is 43.9 Å². The number of nitrogens with zero attached hydrogens (tertiary/aromatic N) is 5. The molecule has 0 radical (unpaired) electrons. The van der Waals surface area contributed by atoms with E-state index in [1.54, 1.807) is 18.3 Å². The van der Waals surface area contributed by atoms with Crippen molar-refractivity contribution in [3.05, 3.63) is 66.0 Å². The van der Waals surface area contributed by atoms with Crippen LogP contribution in [0.3, 0.4) is 0 Å². The molecule has 160 valence electrons. The first-order valence-electron chi connectivity index (χ1n) is 9.73. The van der Waals surface area contributed by atoms with E-state index in [4.69, 9.17) is 0 Å². The molecule has 2 heterocycles. The largest absolute Gasteiger partial charge is 0.329 e. The lowest BCUT2D eigenvalue weighted by Crippen LogP contribution is -2.12. The summed E-state index contributed by atoms with van der Waals surface area (Å²) in [6, 6.07) is 15.2. The van der Waals surface area contributed by atoms with Gasteiger partial charge < -0.3 is 10.2 Å². The van der Waals surface area contributed by atoms with Crippen LogP contribution < -0.4 is 10.2 Å². The van der Waals surface area contributed by atoms with Crippen molar-refractivity contribution in [3.8, 4) is 0 Å². The van der Waals surface area contributed by atoms with Crippen LogP contribution in [0.1, 0.15) is 11.3 Å². The number of benzene rings is 2. The van der Waals surface area contributed by atoms with Crippen molar-refractivity contribution in [2.24, 2.45) is 7.05 Å². The molecule has 0 unspecified atom stereocenters. The molecule has 0 saturated heterocycles. The predicted octanol–water partition coefficient (Wildman–Crippen LogP) is 3.73. The molecule has 31 heavy (non-hydrogen) atoms. The lowest BCUT2D eigenvalue weighted by atomic mass is 10.2. The van der Waals surface area contributed by atoms with Gasteiger partial charge in [-0.05, 0) is 48.9 Å². The zero-order valence-electron chi connectivity index (χ0n) is 17.9. The Morgan fingerprint density at radius 1 is 1.10 bits per heavy atom. The molecule has 0 aliphatic heterocycles. The molecule has 0 aliphatic rings. The summed E-state index contributed by atoms with van der Waals surface area (Å²) in [6.07, 6.45) is 2.92. The Bertz CT molecular complexity index is 1350. The fraction of sp³-hybridized carbons (Fsp3) is 0.227. The van der Waals surface area contributed by atoms with Crippen LogP contribution in [-0.4, -0.2) is 41.5 Å². The molecule has 0 fully saturated rings. The van der Waals surface area contributed by atoms with Crippen LogP contribution in [0, 0.1) is 6.92 Å². The van der Waals surface area contributed by atoms with Crippen molar-refractivity contribution < 1.29 is 8.42 Å². The van der Waals surface area contributed by atoms with Gasteiger partial charge >= 0.3 is 0 Å². The molecule has 0 bridgehead atoms. The molecule has 4 aromatic rings. The smallest absolute Gasteiger partial charge is 0.229 e. The minimum absolute atomic E-state index is 0.0181. The highest BCUT2D eigenvalue weighted by molar-refractivity contribution is 7.89. The van der Waals surface area contributed by atoms with Gasteiger partial charge in [0.05, 0.1) is 11.3 Å². The molecule has 9 heteroatoms. The van der Waals surface area contributed by atoms with Gasteiger partial charge in [-0.2, -0.15) is 10.1 Å². The molecule has 0 amide bonds. The van der Waals surface area contributed by atoms with Crippen LogP contribution in [0.5, 0.6) is 0 Å². The molecule has 0 atom stereocenters. The fourth-order valence-electron chi connectivity index (χ4n) is 3.37. The van der Waals surface area contributed by atoms with Gasteiger partial charge in [0.1, 0.15) is 5.82 Å². The third-order valence-corrected chi connectivity index (χ3v) is 5.98. The van der Waals surface area contributed by atoms with E-state index < -0.39 is 9.84 Å². The average Bonchev–Trinajstić information content (AvgIpc) is 3.01. The fourth-order valence-corrected chi connectivity index (χ4v) is 4.17. The van der Waals surface area contributed by atoms with E-state index in [2.05, 4.69) is 33.4 Å². The number of anilines is 4.